The first-order valence-corrected chi connectivity index (χ1v) is 22.3. The third kappa shape index (κ3) is 5.04. The quantitative estimate of drug-likeness (QED) is 0.128. The lowest BCUT2D eigenvalue weighted by molar-refractivity contribution is 0.670. The molecule has 6 nitrogen and oxygen atoms in total. The Balaban J connectivity index is 1.18. The summed E-state index contributed by atoms with van der Waals surface area (Å²) in [6.07, 6.45) is 3.82. The predicted octanol–water partition coefficient (Wildman–Crippen LogP) is 16.3. The first kappa shape index (κ1) is 36.9. The molecule has 0 N–H and O–H groups in total. The number of hydrogen-bond acceptors (Lipinski definition) is 3. The zero-order chi connectivity index (χ0) is 44.3. The molecule has 0 amide bonds. The number of hydrogen-bond donors (Lipinski definition) is 0. The van der Waals surface area contributed by atoms with Crippen molar-refractivity contribution in [3.8, 4) is 50.8 Å². The summed E-state index contributed by atoms with van der Waals surface area (Å²) in [5, 5.41) is 22.7. The van der Waals surface area contributed by atoms with E-state index in [9.17, 15) is 11.8 Å². The normalized spacial score (nSPS) is 11.9. The Bertz CT molecular complexity index is 4380. The molecule has 0 aliphatic rings. The van der Waals surface area contributed by atoms with Crippen LogP contribution < -0.4 is 0 Å². The smallest absolute Gasteiger partial charge is 0.220 e. The van der Waals surface area contributed by atoms with Crippen LogP contribution in [0.5, 0.6) is 0 Å². The Morgan fingerprint density at radius 2 is 1.07 bits per heavy atom. The topological polar surface area (TPSA) is 64.0 Å². The maximum absolute atomic E-state index is 11.8. The van der Waals surface area contributed by atoms with Gasteiger partial charge in [0.25, 0.3) is 0 Å². The maximum atomic E-state index is 11.8. The van der Waals surface area contributed by atoms with Crippen LogP contribution in [0.2, 0.25) is 0 Å². The number of fused-ring (bicyclic) bond motifs is 9. The minimum atomic E-state index is 0.403. The van der Waals surface area contributed by atoms with E-state index in [2.05, 4.69) is 146 Å². The maximum Gasteiger partial charge on any atom is 0.220 e. The summed E-state index contributed by atoms with van der Waals surface area (Å²) < 4.78 is 11.1. The van der Waals surface area contributed by atoms with Crippen molar-refractivity contribution in [2.75, 3.05) is 0 Å². The molecule has 4 aromatic heterocycles. The Kier molecular flexibility index (Phi) is 7.72. The van der Waals surface area contributed by atoms with Crippen LogP contribution in [-0.4, -0.2) is 14.1 Å². The summed E-state index contributed by atoms with van der Waals surface area (Å²) in [5.74, 6) is 0. The van der Waals surface area contributed by atoms with E-state index in [-0.39, 0.29) is 0 Å². The second-order valence-corrected chi connectivity index (χ2v) is 17.1. The lowest BCUT2D eigenvalue weighted by Crippen LogP contribution is -2.08. The van der Waals surface area contributed by atoms with Crippen molar-refractivity contribution < 1.29 is 4.42 Å². The largest absolute Gasteiger partial charge is 0.455 e. The van der Waals surface area contributed by atoms with Crippen molar-refractivity contribution >= 4 is 92.8 Å². The van der Waals surface area contributed by atoms with E-state index in [0.29, 0.717) is 28.2 Å². The molecule has 0 fully saturated rings. The third-order valence-electron chi connectivity index (χ3n) is 13.8. The average molecular weight is 852 g/mol. The van der Waals surface area contributed by atoms with E-state index in [1.54, 1.807) is 0 Å². The van der Waals surface area contributed by atoms with Crippen LogP contribution in [0.1, 0.15) is 5.56 Å². The molecule has 10 aromatic carbocycles. The molecule has 6 heteroatoms. The van der Waals surface area contributed by atoms with Gasteiger partial charge in [-0.1, -0.05) is 146 Å². The highest BCUT2D eigenvalue weighted by atomic mass is 16.3. The van der Waals surface area contributed by atoms with Gasteiger partial charge in [0.2, 0.25) is 5.69 Å². The number of pyridine rings is 1. The number of para-hydroxylation sites is 3. The van der Waals surface area contributed by atoms with Crippen LogP contribution in [0.25, 0.3) is 137 Å². The fourth-order valence-corrected chi connectivity index (χ4v) is 11.1. The Morgan fingerprint density at radius 1 is 0.478 bits per heavy atom. The molecule has 0 spiro atoms. The van der Waals surface area contributed by atoms with E-state index < -0.39 is 0 Å². The molecule has 14 aromatic rings. The molecule has 0 unspecified atom stereocenters. The zero-order valence-electron chi connectivity index (χ0n) is 35.7. The number of nitrogens with zero attached hydrogens (tertiary/aromatic N) is 5. The Morgan fingerprint density at radius 3 is 1.82 bits per heavy atom. The summed E-state index contributed by atoms with van der Waals surface area (Å²) in [7, 11) is 0. The number of nitriles is 1. The second kappa shape index (κ2) is 14.0. The van der Waals surface area contributed by atoms with Gasteiger partial charge in [-0.3, -0.25) is 4.98 Å². The summed E-state index contributed by atoms with van der Waals surface area (Å²) >= 11 is 0. The molecule has 308 valence electrons. The number of rotatable bonds is 5. The predicted molar refractivity (Wildman–Crippen MR) is 274 cm³/mol. The van der Waals surface area contributed by atoms with Gasteiger partial charge in [-0.2, -0.15) is 5.26 Å². The number of aromatic nitrogens is 3. The molecular weight excluding hydrogens is 819 g/mol. The third-order valence-corrected chi connectivity index (χ3v) is 13.8. The Labute approximate surface area is 383 Å². The van der Waals surface area contributed by atoms with Crippen molar-refractivity contribution in [3.05, 3.63) is 217 Å². The molecule has 0 atom stereocenters. The van der Waals surface area contributed by atoms with Crippen LogP contribution >= 0.6 is 0 Å². The first-order chi connectivity index (χ1) is 33.2. The van der Waals surface area contributed by atoms with Crippen molar-refractivity contribution in [2.24, 2.45) is 0 Å². The van der Waals surface area contributed by atoms with E-state index in [1.165, 1.54) is 0 Å². The Hall–Kier alpha value is -9.49. The molecule has 0 aliphatic heterocycles. The fourth-order valence-electron chi connectivity index (χ4n) is 11.1. The van der Waals surface area contributed by atoms with Gasteiger partial charge in [0, 0.05) is 66.8 Å². The standard InChI is InChI=1S/C61H33N5O/c1-63-58-54(36-15-4-2-5-16-36)47(34-62)59(65-49-25-10-8-19-41(49)46-33-38(29-30-50(46)65)39-21-12-24-45-42-20-9-11-28-53(42)67-61(39)45)55(37-17-6-3-7-18-37)60(58)66-51-26-13-22-43-40-31-32-64-35-48(40)44-23-14-27-52(66)57(44)56(43)51/h2-33,35H. The molecular formula is C61H33N5O. The second-order valence-electron chi connectivity index (χ2n) is 17.1. The summed E-state index contributed by atoms with van der Waals surface area (Å²) in [4.78, 5) is 9.08. The highest BCUT2D eigenvalue weighted by Gasteiger charge is 2.32. The molecule has 0 radical (unpaired) electrons. The van der Waals surface area contributed by atoms with E-state index in [1.807, 2.05) is 79.1 Å². The first-order valence-electron chi connectivity index (χ1n) is 22.3. The van der Waals surface area contributed by atoms with Gasteiger partial charge < -0.3 is 13.6 Å². The van der Waals surface area contributed by atoms with Crippen molar-refractivity contribution in [3.63, 3.8) is 0 Å². The van der Waals surface area contributed by atoms with Gasteiger partial charge >= 0.3 is 0 Å². The molecule has 0 saturated heterocycles. The van der Waals surface area contributed by atoms with Crippen LogP contribution in [0, 0.1) is 17.9 Å². The minimum Gasteiger partial charge on any atom is -0.455 e. The van der Waals surface area contributed by atoms with Crippen LogP contribution in [0.4, 0.5) is 5.69 Å². The van der Waals surface area contributed by atoms with Gasteiger partial charge in [-0.25, -0.2) is 4.85 Å². The summed E-state index contributed by atoms with van der Waals surface area (Å²) in [6.45, 7) is 9.21. The van der Waals surface area contributed by atoms with Crippen LogP contribution in [-0.2, 0) is 0 Å². The van der Waals surface area contributed by atoms with Gasteiger partial charge in [-0.05, 0) is 75.3 Å². The summed E-state index contributed by atoms with van der Waals surface area (Å²) in [6, 6.07) is 67.6. The summed E-state index contributed by atoms with van der Waals surface area (Å²) in [5.41, 5.74) is 12.9. The molecule has 4 heterocycles. The SMILES string of the molecule is [C-]#[N+]c1c(-c2ccccc2)c(C#N)c(-n2c3ccccc3c3cc(-c4cccc5c4oc4ccccc45)ccc32)c(-c2ccccc2)c1-n1c2cccc3c4ccncc4c4cccc1c4c32. The van der Waals surface area contributed by atoms with Gasteiger partial charge in [-0.15, -0.1) is 0 Å². The van der Waals surface area contributed by atoms with Crippen LogP contribution in [0.15, 0.2) is 205 Å². The molecule has 0 saturated carbocycles. The van der Waals surface area contributed by atoms with Gasteiger partial charge in [0.15, 0.2) is 0 Å². The zero-order valence-corrected chi connectivity index (χ0v) is 35.7. The molecule has 14 rings (SSSR count). The monoisotopic (exact) mass is 851 g/mol. The lowest BCUT2D eigenvalue weighted by atomic mass is 9.88. The van der Waals surface area contributed by atoms with E-state index in [4.69, 9.17) is 4.42 Å². The average Bonchev–Trinajstić information content (AvgIpc) is 4.06. The van der Waals surface area contributed by atoms with Crippen molar-refractivity contribution in [2.45, 2.75) is 0 Å². The molecule has 0 aliphatic carbocycles. The van der Waals surface area contributed by atoms with Gasteiger partial charge in [0.1, 0.15) is 17.2 Å². The van der Waals surface area contributed by atoms with Crippen molar-refractivity contribution in [1.29, 1.82) is 5.26 Å². The van der Waals surface area contributed by atoms with Crippen LogP contribution in [0.3, 0.4) is 0 Å². The van der Waals surface area contributed by atoms with Crippen molar-refractivity contribution in [1.82, 2.24) is 14.1 Å². The molecule has 0 bridgehead atoms. The fraction of sp³-hybridized carbons (Fsp3) is 0. The lowest BCUT2D eigenvalue weighted by Gasteiger charge is -2.25. The number of furan rings is 1. The number of benzene rings is 10. The van der Waals surface area contributed by atoms with Gasteiger partial charge in [0.05, 0.1) is 45.6 Å². The molecule has 67 heavy (non-hydrogen) atoms. The minimum absolute atomic E-state index is 0.403. The highest BCUT2D eigenvalue weighted by Crippen LogP contribution is 2.53. The van der Waals surface area contributed by atoms with E-state index in [0.717, 1.165) is 115 Å². The highest BCUT2D eigenvalue weighted by molar-refractivity contribution is 6.34. The van der Waals surface area contributed by atoms with E-state index >= 15 is 0 Å².